The van der Waals surface area contributed by atoms with Crippen molar-refractivity contribution in [2.75, 3.05) is 37.7 Å². The molecule has 1 amide bonds. The van der Waals surface area contributed by atoms with Gasteiger partial charge in [-0.25, -0.2) is 8.42 Å². The quantitative estimate of drug-likeness (QED) is 0.831. The molecule has 0 saturated carbocycles. The van der Waals surface area contributed by atoms with Crippen LogP contribution in [0.25, 0.3) is 0 Å². The molecule has 5 nitrogen and oxygen atoms in total. The number of carbonyl (C=O) groups excluding carboxylic acids is 1. The zero-order valence-electron chi connectivity index (χ0n) is 13.4. The molecule has 1 aromatic carbocycles. The Labute approximate surface area is 138 Å². The molecule has 6 heteroatoms. The normalized spacial score (nSPS) is 25.2. The molecule has 0 aliphatic carbocycles. The minimum atomic E-state index is -3.00. The maximum Gasteiger partial charge on any atom is 0.226 e. The first-order valence-corrected chi connectivity index (χ1v) is 10.1. The van der Waals surface area contributed by atoms with Crippen LogP contribution in [0.1, 0.15) is 18.4 Å². The van der Waals surface area contributed by atoms with E-state index in [0.717, 1.165) is 32.6 Å². The van der Waals surface area contributed by atoms with E-state index in [-0.39, 0.29) is 23.3 Å². The lowest BCUT2D eigenvalue weighted by molar-refractivity contribution is -0.134. The predicted molar refractivity (Wildman–Crippen MR) is 89.7 cm³/mol. The number of nitrogens with zero attached hydrogens (tertiary/aromatic N) is 2. The summed E-state index contributed by atoms with van der Waals surface area (Å²) in [5, 5.41) is 0. The number of sulfone groups is 1. The summed E-state index contributed by atoms with van der Waals surface area (Å²) in [6.45, 7) is 4.16. The number of carbonyl (C=O) groups is 1. The number of rotatable bonds is 3. The van der Waals surface area contributed by atoms with Crippen LogP contribution in [-0.4, -0.2) is 61.8 Å². The molecule has 0 radical (unpaired) electrons. The molecule has 23 heavy (non-hydrogen) atoms. The molecule has 2 aliphatic heterocycles. The summed E-state index contributed by atoms with van der Waals surface area (Å²) in [5.41, 5.74) is 1.29. The van der Waals surface area contributed by atoms with Gasteiger partial charge < -0.3 is 4.90 Å². The van der Waals surface area contributed by atoms with Gasteiger partial charge in [0.05, 0.1) is 17.4 Å². The topological polar surface area (TPSA) is 57.7 Å². The van der Waals surface area contributed by atoms with Crippen molar-refractivity contribution < 1.29 is 13.2 Å². The Bertz CT molecular complexity index is 645. The standard InChI is InChI=1S/C17H24N2O3S/c20-17(16-7-12-23(21,22)14-16)19-9-4-8-18(10-11-19)13-15-5-2-1-3-6-15/h1-3,5-6,16H,4,7-14H2. The smallest absolute Gasteiger partial charge is 0.226 e. The Morgan fingerprint density at radius 3 is 2.57 bits per heavy atom. The second kappa shape index (κ2) is 7.01. The lowest BCUT2D eigenvalue weighted by Gasteiger charge is -2.24. The van der Waals surface area contributed by atoms with Gasteiger partial charge in [-0.1, -0.05) is 30.3 Å². The Kier molecular flexibility index (Phi) is 5.02. The molecule has 2 fully saturated rings. The first-order chi connectivity index (χ1) is 11.0. The van der Waals surface area contributed by atoms with Crippen LogP contribution in [0, 0.1) is 5.92 Å². The average Bonchev–Trinajstić information content (AvgIpc) is 2.75. The average molecular weight is 336 g/mol. The highest BCUT2D eigenvalue weighted by atomic mass is 32.2. The van der Waals surface area contributed by atoms with Crippen LogP contribution in [0.15, 0.2) is 30.3 Å². The molecule has 1 unspecified atom stereocenters. The van der Waals surface area contributed by atoms with Crippen molar-refractivity contribution in [1.29, 1.82) is 0 Å². The molecule has 1 atom stereocenters. The third-order valence-electron chi connectivity index (χ3n) is 4.73. The number of benzene rings is 1. The van der Waals surface area contributed by atoms with Gasteiger partial charge in [0, 0.05) is 32.7 Å². The molecule has 0 spiro atoms. The van der Waals surface area contributed by atoms with Crippen LogP contribution in [0.2, 0.25) is 0 Å². The SMILES string of the molecule is O=C(C1CCS(=O)(=O)C1)N1CCCN(Cc2ccccc2)CC1. The van der Waals surface area contributed by atoms with Crippen molar-refractivity contribution in [3.8, 4) is 0 Å². The monoisotopic (exact) mass is 336 g/mol. The number of hydrogen-bond donors (Lipinski definition) is 0. The Hall–Kier alpha value is -1.40. The third-order valence-corrected chi connectivity index (χ3v) is 6.50. The third kappa shape index (κ3) is 4.32. The molecule has 3 rings (SSSR count). The van der Waals surface area contributed by atoms with Crippen molar-refractivity contribution >= 4 is 15.7 Å². The van der Waals surface area contributed by atoms with E-state index in [4.69, 9.17) is 0 Å². The van der Waals surface area contributed by atoms with Crippen LogP contribution in [0.5, 0.6) is 0 Å². The summed E-state index contributed by atoms with van der Waals surface area (Å²) in [4.78, 5) is 16.8. The molecular formula is C17H24N2O3S. The van der Waals surface area contributed by atoms with Crippen molar-refractivity contribution in [3.05, 3.63) is 35.9 Å². The van der Waals surface area contributed by atoms with Crippen LogP contribution in [0.4, 0.5) is 0 Å². The summed E-state index contributed by atoms with van der Waals surface area (Å²) in [6.07, 6.45) is 1.43. The fourth-order valence-corrected chi connectivity index (χ4v) is 5.17. The predicted octanol–water partition coefficient (Wildman–Crippen LogP) is 1.16. The maximum absolute atomic E-state index is 12.5. The molecule has 0 bridgehead atoms. The Morgan fingerprint density at radius 2 is 1.87 bits per heavy atom. The molecule has 2 saturated heterocycles. The molecule has 1 aromatic rings. The largest absolute Gasteiger partial charge is 0.341 e. The first-order valence-electron chi connectivity index (χ1n) is 8.29. The molecule has 0 aromatic heterocycles. The minimum Gasteiger partial charge on any atom is -0.341 e. The maximum atomic E-state index is 12.5. The van der Waals surface area contributed by atoms with Gasteiger partial charge in [-0.05, 0) is 18.4 Å². The van der Waals surface area contributed by atoms with Gasteiger partial charge in [0.1, 0.15) is 0 Å². The van der Waals surface area contributed by atoms with Gasteiger partial charge in [-0.15, -0.1) is 0 Å². The number of amides is 1. The zero-order chi connectivity index (χ0) is 16.3. The molecule has 0 N–H and O–H groups in total. The van der Waals surface area contributed by atoms with Crippen LogP contribution in [0.3, 0.4) is 0 Å². The van der Waals surface area contributed by atoms with Crippen molar-refractivity contribution in [3.63, 3.8) is 0 Å². The van der Waals surface area contributed by atoms with Crippen LogP contribution in [-0.2, 0) is 21.2 Å². The van der Waals surface area contributed by atoms with Gasteiger partial charge in [-0.2, -0.15) is 0 Å². The van der Waals surface area contributed by atoms with Gasteiger partial charge in [-0.3, -0.25) is 9.69 Å². The molecule has 2 heterocycles. The van der Waals surface area contributed by atoms with Gasteiger partial charge in [0.2, 0.25) is 5.91 Å². The summed E-state index contributed by atoms with van der Waals surface area (Å²) < 4.78 is 23.1. The highest BCUT2D eigenvalue weighted by Gasteiger charge is 2.35. The fraction of sp³-hybridized carbons (Fsp3) is 0.588. The Morgan fingerprint density at radius 1 is 1.09 bits per heavy atom. The second-order valence-electron chi connectivity index (χ2n) is 6.54. The zero-order valence-corrected chi connectivity index (χ0v) is 14.2. The summed E-state index contributed by atoms with van der Waals surface area (Å²) in [6, 6.07) is 10.4. The van der Waals surface area contributed by atoms with E-state index < -0.39 is 9.84 Å². The lowest BCUT2D eigenvalue weighted by atomic mass is 10.1. The van der Waals surface area contributed by atoms with E-state index in [2.05, 4.69) is 17.0 Å². The van der Waals surface area contributed by atoms with Gasteiger partial charge in [0.15, 0.2) is 9.84 Å². The van der Waals surface area contributed by atoms with Crippen LogP contribution >= 0.6 is 0 Å². The summed E-state index contributed by atoms with van der Waals surface area (Å²) >= 11 is 0. The van der Waals surface area contributed by atoms with Gasteiger partial charge in [0.25, 0.3) is 0 Å². The molecule has 2 aliphatic rings. The van der Waals surface area contributed by atoms with E-state index in [9.17, 15) is 13.2 Å². The van der Waals surface area contributed by atoms with E-state index >= 15 is 0 Å². The molecule has 126 valence electrons. The number of hydrogen-bond acceptors (Lipinski definition) is 4. The van der Waals surface area contributed by atoms with E-state index in [1.807, 2.05) is 23.1 Å². The van der Waals surface area contributed by atoms with Crippen molar-refractivity contribution in [1.82, 2.24) is 9.80 Å². The summed E-state index contributed by atoms with van der Waals surface area (Å²) in [7, 11) is -3.00. The highest BCUT2D eigenvalue weighted by molar-refractivity contribution is 7.91. The van der Waals surface area contributed by atoms with Crippen molar-refractivity contribution in [2.24, 2.45) is 5.92 Å². The van der Waals surface area contributed by atoms with Crippen molar-refractivity contribution in [2.45, 2.75) is 19.4 Å². The first kappa shape index (κ1) is 16.5. The van der Waals surface area contributed by atoms with Crippen LogP contribution < -0.4 is 0 Å². The molecular weight excluding hydrogens is 312 g/mol. The summed E-state index contributed by atoms with van der Waals surface area (Å²) in [5.74, 6) is -0.0821. The lowest BCUT2D eigenvalue weighted by Crippen LogP contribution is -2.39. The highest BCUT2D eigenvalue weighted by Crippen LogP contribution is 2.21. The van der Waals surface area contributed by atoms with E-state index in [1.165, 1.54) is 5.56 Å². The van der Waals surface area contributed by atoms with Gasteiger partial charge >= 0.3 is 0 Å². The fourth-order valence-electron chi connectivity index (χ4n) is 3.44. The minimum absolute atomic E-state index is 0.0348. The Balaban J connectivity index is 1.55. The van der Waals surface area contributed by atoms with E-state index in [1.54, 1.807) is 0 Å². The van der Waals surface area contributed by atoms with E-state index in [0.29, 0.717) is 13.0 Å². The second-order valence-corrected chi connectivity index (χ2v) is 8.77.